The van der Waals surface area contributed by atoms with E-state index in [1.165, 1.54) is 4.90 Å². The van der Waals surface area contributed by atoms with Crippen molar-refractivity contribution in [2.75, 3.05) is 20.1 Å². The predicted molar refractivity (Wildman–Crippen MR) is 93.7 cm³/mol. The van der Waals surface area contributed by atoms with Gasteiger partial charge in [0.15, 0.2) is 0 Å². The lowest BCUT2D eigenvalue weighted by Gasteiger charge is -2.47. The zero-order valence-corrected chi connectivity index (χ0v) is 15.9. The Morgan fingerprint density at radius 3 is 2.81 bits per heavy atom. The Bertz CT molecular complexity index is 699. The first-order valence-corrected chi connectivity index (χ1v) is 9.09. The molecule has 1 aliphatic heterocycles. The normalized spacial score (nSPS) is 33.6. The van der Waals surface area contributed by atoms with Gasteiger partial charge in [-0.05, 0) is 26.8 Å². The lowest BCUT2D eigenvalue weighted by molar-refractivity contribution is -0.134. The van der Waals surface area contributed by atoms with E-state index in [0.717, 1.165) is 12.8 Å². The number of halogens is 1. The van der Waals surface area contributed by atoms with E-state index in [4.69, 9.17) is 0 Å². The Labute approximate surface area is 153 Å². The second-order valence-corrected chi connectivity index (χ2v) is 8.31. The van der Waals surface area contributed by atoms with Gasteiger partial charge in [-0.3, -0.25) is 9.69 Å². The lowest BCUT2D eigenvalue weighted by atomic mass is 9.73. The number of hydrogen-bond donors (Lipinski definition) is 0. The molecule has 1 aromatic rings. The van der Waals surface area contributed by atoms with Crippen LogP contribution in [0.5, 0.6) is 0 Å². The van der Waals surface area contributed by atoms with Crippen molar-refractivity contribution >= 4 is 5.91 Å². The summed E-state index contributed by atoms with van der Waals surface area (Å²) in [6.45, 7) is 6.75. The molecule has 7 nitrogen and oxygen atoms in total. The van der Waals surface area contributed by atoms with Crippen molar-refractivity contribution in [2.24, 2.45) is 5.41 Å². The van der Waals surface area contributed by atoms with Crippen molar-refractivity contribution in [1.82, 2.24) is 24.6 Å². The number of likely N-dealkylation sites (N-methyl/N-ethyl adjacent to an activating group) is 1. The fourth-order valence-corrected chi connectivity index (χ4v) is 4.63. The molecule has 8 heteroatoms. The van der Waals surface area contributed by atoms with E-state index in [1.807, 2.05) is 17.8 Å². The molecule has 2 fully saturated rings. The fourth-order valence-electron chi connectivity index (χ4n) is 4.63. The van der Waals surface area contributed by atoms with Crippen molar-refractivity contribution in [3.63, 3.8) is 0 Å². The van der Waals surface area contributed by atoms with Crippen molar-refractivity contribution in [3.8, 4) is 6.07 Å². The van der Waals surface area contributed by atoms with Crippen LogP contribution in [0.4, 0.5) is 4.39 Å². The number of aromatic nitrogens is 3. The van der Waals surface area contributed by atoms with Crippen LogP contribution in [0.1, 0.15) is 46.1 Å². The summed E-state index contributed by atoms with van der Waals surface area (Å²) in [7, 11) is 1.94. The molecule has 1 saturated heterocycles. The van der Waals surface area contributed by atoms with E-state index in [-0.39, 0.29) is 42.4 Å². The number of carbonyl (C=O) groups is 1. The van der Waals surface area contributed by atoms with Crippen LogP contribution >= 0.6 is 0 Å². The molecule has 3 rings (SSSR count). The van der Waals surface area contributed by atoms with Crippen molar-refractivity contribution in [3.05, 3.63) is 12.7 Å². The molecule has 1 aromatic heterocycles. The summed E-state index contributed by atoms with van der Waals surface area (Å²) >= 11 is 0. The molecular formula is C18H27FN6O. The summed E-state index contributed by atoms with van der Waals surface area (Å²) in [6, 6.07) is 1.59. The maximum Gasteiger partial charge on any atom is 0.237 e. The maximum absolute atomic E-state index is 13.6. The van der Waals surface area contributed by atoms with E-state index in [2.05, 4.69) is 35.8 Å². The molecule has 1 amide bonds. The highest BCUT2D eigenvalue weighted by molar-refractivity contribution is 5.79. The third-order valence-corrected chi connectivity index (χ3v) is 6.82. The van der Waals surface area contributed by atoms with Gasteiger partial charge in [0.1, 0.15) is 24.9 Å². The summed E-state index contributed by atoms with van der Waals surface area (Å²) < 4.78 is 15.5. The average molecular weight is 362 g/mol. The quantitative estimate of drug-likeness (QED) is 0.816. The Morgan fingerprint density at radius 1 is 1.46 bits per heavy atom. The van der Waals surface area contributed by atoms with Crippen LogP contribution in [0.15, 0.2) is 12.7 Å². The van der Waals surface area contributed by atoms with Gasteiger partial charge in [0.05, 0.1) is 25.2 Å². The standard InChI is InChI=1S/C18H27FN6O/c1-17(2)15(25-12-21-11-22-25)5-6-18(17,3)23(4)10-16(26)24-9-13(19)7-14(24)8-20/h11-15H,5-7,9-10H2,1-4H3/t13-,14-,15+,18-/m0/s1. The smallest absolute Gasteiger partial charge is 0.237 e. The highest BCUT2D eigenvalue weighted by Crippen LogP contribution is 2.54. The first-order chi connectivity index (χ1) is 12.2. The van der Waals surface area contributed by atoms with Crippen LogP contribution in [-0.4, -0.2) is 68.4 Å². The van der Waals surface area contributed by atoms with Crippen LogP contribution < -0.4 is 0 Å². The summed E-state index contributed by atoms with van der Waals surface area (Å²) in [5.41, 5.74) is -0.367. The molecule has 1 aliphatic carbocycles. The summed E-state index contributed by atoms with van der Waals surface area (Å²) in [4.78, 5) is 20.2. The summed E-state index contributed by atoms with van der Waals surface area (Å²) in [5.74, 6) is -0.180. The largest absolute Gasteiger partial charge is 0.323 e. The predicted octanol–water partition coefficient (Wildman–Crippen LogP) is 1.79. The van der Waals surface area contributed by atoms with Crippen molar-refractivity contribution in [1.29, 1.82) is 5.26 Å². The third-order valence-electron chi connectivity index (χ3n) is 6.82. The van der Waals surface area contributed by atoms with E-state index >= 15 is 0 Å². The maximum atomic E-state index is 13.6. The number of rotatable bonds is 4. The van der Waals surface area contributed by atoms with Crippen LogP contribution in [0.3, 0.4) is 0 Å². The zero-order chi connectivity index (χ0) is 19.1. The molecule has 2 heterocycles. The van der Waals surface area contributed by atoms with E-state index in [0.29, 0.717) is 0 Å². The van der Waals surface area contributed by atoms with E-state index < -0.39 is 12.2 Å². The minimum absolute atomic E-state index is 0.0204. The van der Waals surface area contributed by atoms with Gasteiger partial charge >= 0.3 is 0 Å². The molecule has 1 saturated carbocycles. The Hall–Kier alpha value is -2.01. The number of alkyl halides is 1. The molecule has 142 valence electrons. The fraction of sp³-hybridized carbons (Fsp3) is 0.778. The van der Waals surface area contributed by atoms with E-state index in [1.54, 1.807) is 12.7 Å². The monoisotopic (exact) mass is 362 g/mol. The molecule has 0 N–H and O–H groups in total. The average Bonchev–Trinajstić information content (AvgIpc) is 3.27. The molecule has 0 radical (unpaired) electrons. The third kappa shape index (κ3) is 2.88. The minimum Gasteiger partial charge on any atom is -0.323 e. The number of carbonyl (C=O) groups excluding carboxylic acids is 1. The van der Waals surface area contributed by atoms with Crippen LogP contribution in [0.2, 0.25) is 0 Å². The SMILES string of the molecule is CN(CC(=O)N1C[C@@H](F)C[C@H]1C#N)[C@@]1(C)CC[C@@H](n2cncn2)C1(C)C. The molecular weight excluding hydrogens is 335 g/mol. The van der Waals surface area contributed by atoms with Gasteiger partial charge in [0, 0.05) is 17.4 Å². The molecule has 0 spiro atoms. The van der Waals surface area contributed by atoms with E-state index in [9.17, 15) is 14.4 Å². The van der Waals surface area contributed by atoms with Gasteiger partial charge in [-0.15, -0.1) is 0 Å². The van der Waals surface area contributed by atoms with Gasteiger partial charge in [0.25, 0.3) is 0 Å². The molecule has 26 heavy (non-hydrogen) atoms. The number of nitrogens with zero attached hydrogens (tertiary/aromatic N) is 6. The Kier molecular flexibility index (Phi) is 4.78. The van der Waals surface area contributed by atoms with Gasteiger partial charge in [-0.25, -0.2) is 14.1 Å². The number of nitriles is 1. The van der Waals surface area contributed by atoms with Gasteiger partial charge in [0.2, 0.25) is 5.91 Å². The second-order valence-electron chi connectivity index (χ2n) is 8.31. The second kappa shape index (κ2) is 6.62. The highest BCUT2D eigenvalue weighted by atomic mass is 19.1. The first-order valence-electron chi connectivity index (χ1n) is 9.09. The van der Waals surface area contributed by atoms with Gasteiger partial charge < -0.3 is 4.90 Å². The molecule has 2 aliphatic rings. The highest BCUT2D eigenvalue weighted by Gasteiger charge is 2.55. The first kappa shape index (κ1) is 18.8. The molecule has 0 bridgehead atoms. The van der Waals surface area contributed by atoms with Gasteiger partial charge in [-0.2, -0.15) is 10.4 Å². The van der Waals surface area contributed by atoms with Crippen LogP contribution in [0.25, 0.3) is 0 Å². The summed E-state index contributed by atoms with van der Waals surface area (Å²) in [5, 5.41) is 13.5. The number of hydrogen-bond acceptors (Lipinski definition) is 5. The van der Waals surface area contributed by atoms with Crippen LogP contribution in [-0.2, 0) is 4.79 Å². The Balaban J connectivity index is 1.74. The topological polar surface area (TPSA) is 78.0 Å². The van der Waals surface area contributed by atoms with Crippen LogP contribution in [0, 0.1) is 16.7 Å². The zero-order valence-electron chi connectivity index (χ0n) is 15.9. The molecule has 0 aromatic carbocycles. The van der Waals surface area contributed by atoms with Crippen molar-refractivity contribution < 1.29 is 9.18 Å². The minimum atomic E-state index is -1.11. The number of amides is 1. The molecule has 4 atom stereocenters. The summed E-state index contributed by atoms with van der Waals surface area (Å²) in [6.07, 6.45) is 4.16. The van der Waals surface area contributed by atoms with Gasteiger partial charge in [-0.1, -0.05) is 13.8 Å². The molecule has 0 unspecified atom stereocenters. The Morgan fingerprint density at radius 2 is 2.19 bits per heavy atom. The van der Waals surface area contributed by atoms with Crippen molar-refractivity contribution in [2.45, 2.75) is 63.8 Å². The number of likely N-dealkylation sites (tertiary alicyclic amines) is 1. The lowest BCUT2D eigenvalue weighted by Crippen LogP contribution is -2.56.